The van der Waals surface area contributed by atoms with E-state index in [1.165, 1.54) is 5.56 Å². The minimum atomic E-state index is -0.296. The van der Waals surface area contributed by atoms with E-state index in [0.29, 0.717) is 36.4 Å². The standard InChI is InChI=1S/C42H42N4O4/c1-26-19-30-13-9-10-14-31(30)25-46(26)42(50)38-21-33-24-45(40(48)27(2)29-11-7-6-8-12-29)23-32(33)20-37(38)39-22-36(28(3)43(39)4)41(49)44(5)34-15-17-35(47)18-16-34/h6-18,20-22,26-27,47H,19,23-25H2,1-5H3/t26-,27+/m1/s1. The van der Waals surface area contributed by atoms with E-state index in [0.717, 1.165) is 45.6 Å². The Morgan fingerprint density at radius 1 is 0.800 bits per heavy atom. The van der Waals surface area contributed by atoms with Crippen LogP contribution in [0.15, 0.2) is 97.1 Å². The third kappa shape index (κ3) is 5.85. The third-order valence-electron chi connectivity index (χ3n) is 10.6. The molecule has 1 aromatic heterocycles. The summed E-state index contributed by atoms with van der Waals surface area (Å²) in [6.45, 7) is 7.33. The van der Waals surface area contributed by atoms with Crippen molar-refractivity contribution in [3.63, 3.8) is 0 Å². The predicted octanol–water partition coefficient (Wildman–Crippen LogP) is 7.22. The minimum Gasteiger partial charge on any atom is -0.508 e. The highest BCUT2D eigenvalue weighted by Gasteiger charge is 2.34. The second-order valence-corrected chi connectivity index (χ2v) is 13.7. The summed E-state index contributed by atoms with van der Waals surface area (Å²) < 4.78 is 1.97. The molecule has 0 saturated carbocycles. The lowest BCUT2D eigenvalue weighted by Gasteiger charge is -2.35. The van der Waals surface area contributed by atoms with Gasteiger partial charge in [0.15, 0.2) is 0 Å². The highest BCUT2D eigenvalue weighted by atomic mass is 16.3. The fourth-order valence-corrected chi connectivity index (χ4v) is 7.41. The number of hydrogen-bond acceptors (Lipinski definition) is 4. The number of phenolic OH excluding ortho intramolecular Hbond substituents is 1. The molecule has 2 aliphatic heterocycles. The molecule has 2 aliphatic rings. The van der Waals surface area contributed by atoms with Crippen LogP contribution in [0.3, 0.4) is 0 Å². The van der Waals surface area contributed by atoms with Crippen LogP contribution in [0.2, 0.25) is 0 Å². The van der Waals surface area contributed by atoms with E-state index in [-0.39, 0.29) is 35.4 Å². The number of benzene rings is 4. The summed E-state index contributed by atoms with van der Waals surface area (Å²) in [5, 5.41) is 9.77. The Morgan fingerprint density at radius 2 is 1.44 bits per heavy atom. The van der Waals surface area contributed by atoms with Gasteiger partial charge >= 0.3 is 0 Å². The molecule has 0 unspecified atom stereocenters. The molecule has 0 bridgehead atoms. The van der Waals surface area contributed by atoms with Crippen molar-refractivity contribution in [2.45, 2.75) is 58.8 Å². The molecule has 4 aromatic carbocycles. The van der Waals surface area contributed by atoms with E-state index < -0.39 is 0 Å². The van der Waals surface area contributed by atoms with Crippen LogP contribution >= 0.6 is 0 Å². The summed E-state index contributed by atoms with van der Waals surface area (Å²) in [5.41, 5.74) is 9.33. The van der Waals surface area contributed by atoms with Crippen LogP contribution in [0.5, 0.6) is 5.75 Å². The van der Waals surface area contributed by atoms with Crippen molar-refractivity contribution in [3.8, 4) is 17.0 Å². The number of carbonyl (C=O) groups excluding carboxylic acids is 3. The number of aromatic nitrogens is 1. The van der Waals surface area contributed by atoms with Crippen LogP contribution in [-0.4, -0.2) is 50.3 Å². The van der Waals surface area contributed by atoms with Crippen LogP contribution in [0, 0.1) is 6.92 Å². The van der Waals surface area contributed by atoms with E-state index in [1.807, 2.05) is 89.9 Å². The number of hydrogen-bond donors (Lipinski definition) is 1. The number of anilines is 1. The van der Waals surface area contributed by atoms with Gasteiger partial charge in [0.05, 0.1) is 11.5 Å². The van der Waals surface area contributed by atoms with Crippen LogP contribution in [0.25, 0.3) is 11.3 Å². The molecule has 0 spiro atoms. The van der Waals surface area contributed by atoms with E-state index in [2.05, 4.69) is 25.1 Å². The van der Waals surface area contributed by atoms with Gasteiger partial charge in [-0.3, -0.25) is 14.4 Å². The lowest BCUT2D eigenvalue weighted by molar-refractivity contribution is -0.133. The average molecular weight is 667 g/mol. The second-order valence-electron chi connectivity index (χ2n) is 13.7. The molecule has 8 heteroatoms. The first-order valence-electron chi connectivity index (χ1n) is 17.1. The average Bonchev–Trinajstić information content (AvgIpc) is 3.69. The number of nitrogens with zero attached hydrogens (tertiary/aromatic N) is 4. The van der Waals surface area contributed by atoms with Crippen LogP contribution < -0.4 is 4.90 Å². The number of aromatic hydroxyl groups is 1. The molecule has 0 radical (unpaired) electrons. The van der Waals surface area contributed by atoms with E-state index >= 15 is 0 Å². The van der Waals surface area contributed by atoms with E-state index in [4.69, 9.17) is 0 Å². The highest BCUT2D eigenvalue weighted by Crippen LogP contribution is 2.37. The van der Waals surface area contributed by atoms with Gasteiger partial charge in [0.2, 0.25) is 5.91 Å². The molecule has 254 valence electrons. The SMILES string of the molecule is Cc1c(C(=O)N(C)c2ccc(O)cc2)cc(-c2cc3c(cc2C(=O)N2Cc4ccccc4C[C@H]2C)CN(C(=O)[C@@H](C)c2ccccc2)C3)n1C. The maximum absolute atomic E-state index is 14.7. The first kappa shape index (κ1) is 32.9. The van der Waals surface area contributed by atoms with Gasteiger partial charge in [0.1, 0.15) is 5.75 Å². The zero-order valence-electron chi connectivity index (χ0n) is 29.2. The largest absolute Gasteiger partial charge is 0.508 e. The molecule has 0 aliphatic carbocycles. The molecular formula is C42H42N4O4. The molecule has 7 rings (SSSR count). The lowest BCUT2D eigenvalue weighted by atomic mass is 9.92. The van der Waals surface area contributed by atoms with Gasteiger partial charge in [-0.1, -0.05) is 54.6 Å². The lowest BCUT2D eigenvalue weighted by Crippen LogP contribution is -2.42. The summed E-state index contributed by atoms with van der Waals surface area (Å²) in [5.74, 6) is -0.391. The topological polar surface area (TPSA) is 86.1 Å². The fraction of sp³-hybridized carbons (Fsp3) is 0.262. The summed E-state index contributed by atoms with van der Waals surface area (Å²) in [4.78, 5) is 47.8. The van der Waals surface area contributed by atoms with Crippen LogP contribution in [0.4, 0.5) is 5.69 Å². The normalized spacial score (nSPS) is 15.7. The number of carbonyl (C=O) groups is 3. The monoisotopic (exact) mass is 666 g/mol. The minimum absolute atomic E-state index is 0.00505. The maximum atomic E-state index is 14.7. The van der Waals surface area contributed by atoms with Crippen molar-refractivity contribution in [3.05, 3.63) is 142 Å². The second kappa shape index (κ2) is 13.0. The molecule has 0 saturated heterocycles. The van der Waals surface area contributed by atoms with Gasteiger partial charge in [-0.2, -0.15) is 0 Å². The molecule has 50 heavy (non-hydrogen) atoms. The fourth-order valence-electron chi connectivity index (χ4n) is 7.41. The van der Waals surface area contributed by atoms with Gasteiger partial charge in [-0.15, -0.1) is 0 Å². The van der Waals surface area contributed by atoms with Crippen molar-refractivity contribution in [1.29, 1.82) is 0 Å². The Kier molecular flexibility index (Phi) is 8.56. The number of phenols is 1. The highest BCUT2D eigenvalue weighted by molar-refractivity contribution is 6.08. The smallest absolute Gasteiger partial charge is 0.259 e. The number of fused-ring (bicyclic) bond motifs is 2. The Bertz CT molecular complexity index is 2120. The predicted molar refractivity (Wildman–Crippen MR) is 195 cm³/mol. The zero-order valence-corrected chi connectivity index (χ0v) is 29.2. The molecule has 3 amide bonds. The summed E-state index contributed by atoms with van der Waals surface area (Å²) in [7, 11) is 3.63. The van der Waals surface area contributed by atoms with Crippen molar-refractivity contribution in [2.24, 2.45) is 7.05 Å². The first-order valence-corrected chi connectivity index (χ1v) is 17.1. The maximum Gasteiger partial charge on any atom is 0.259 e. The number of rotatable bonds is 6. The zero-order chi connectivity index (χ0) is 35.3. The van der Waals surface area contributed by atoms with Crippen molar-refractivity contribution in [1.82, 2.24) is 14.4 Å². The Hall–Kier alpha value is -5.63. The van der Waals surface area contributed by atoms with Gasteiger partial charge in [-0.05, 0) is 97.5 Å². The van der Waals surface area contributed by atoms with Gasteiger partial charge in [0.25, 0.3) is 11.8 Å². The van der Waals surface area contributed by atoms with Crippen LogP contribution in [0.1, 0.15) is 74.0 Å². The van der Waals surface area contributed by atoms with Crippen molar-refractivity contribution in [2.75, 3.05) is 11.9 Å². The van der Waals surface area contributed by atoms with E-state index in [1.54, 1.807) is 36.2 Å². The first-order chi connectivity index (χ1) is 24.0. The molecule has 2 atom stereocenters. The summed E-state index contributed by atoms with van der Waals surface area (Å²) in [6, 6.07) is 30.5. The molecule has 1 N–H and O–H groups in total. The molecular weight excluding hydrogens is 624 g/mol. The Balaban J connectivity index is 1.28. The molecule has 3 heterocycles. The van der Waals surface area contributed by atoms with Gasteiger partial charge in [-0.25, -0.2) is 0 Å². The Morgan fingerprint density at radius 3 is 2.14 bits per heavy atom. The molecule has 0 fully saturated rings. The van der Waals surface area contributed by atoms with Gasteiger partial charge in [0, 0.05) is 68.0 Å². The molecule has 8 nitrogen and oxygen atoms in total. The van der Waals surface area contributed by atoms with Crippen LogP contribution in [-0.2, 0) is 37.9 Å². The van der Waals surface area contributed by atoms with Crippen molar-refractivity contribution < 1.29 is 19.5 Å². The number of amides is 3. The molecule has 5 aromatic rings. The quantitative estimate of drug-likeness (QED) is 0.208. The van der Waals surface area contributed by atoms with Gasteiger partial charge < -0.3 is 24.4 Å². The van der Waals surface area contributed by atoms with E-state index in [9.17, 15) is 19.5 Å². The summed E-state index contributed by atoms with van der Waals surface area (Å²) in [6.07, 6.45) is 0.771. The van der Waals surface area contributed by atoms with Crippen molar-refractivity contribution >= 4 is 23.4 Å². The summed E-state index contributed by atoms with van der Waals surface area (Å²) >= 11 is 0. The third-order valence-corrected chi connectivity index (χ3v) is 10.6. The Labute approximate surface area is 293 Å².